The van der Waals surface area contributed by atoms with Crippen LogP contribution in [0.1, 0.15) is 52.7 Å². The molecule has 0 bridgehead atoms. The van der Waals surface area contributed by atoms with Gasteiger partial charge in [0.25, 0.3) is 6.71 Å². The van der Waals surface area contributed by atoms with E-state index in [1.165, 1.54) is 147 Å². The Hall–Kier alpha value is -15.3. The zero-order valence-corrected chi connectivity index (χ0v) is 70.4. The van der Waals surface area contributed by atoms with Crippen LogP contribution in [0.2, 0.25) is 0 Å². The van der Waals surface area contributed by atoms with Crippen molar-refractivity contribution in [2.45, 2.75) is 52.4 Å². The van der Waals surface area contributed by atoms with Crippen LogP contribution in [0.15, 0.2) is 394 Å². The molecule has 24 aromatic rings. The highest BCUT2D eigenvalue weighted by molar-refractivity contribution is 7.00. The van der Waals surface area contributed by atoms with Gasteiger partial charge in [0.2, 0.25) is 0 Å². The minimum absolute atomic E-state index is 0.241. The van der Waals surface area contributed by atoms with Crippen LogP contribution < -0.4 is 26.2 Å². The molecule has 22 aromatic carbocycles. The molecular weight excluding hydrogens is 1510 g/mol. The highest BCUT2D eigenvalue weighted by Gasteiger charge is 2.47. The number of nitrogens with zero attached hydrogens (tertiary/aromatic N) is 4. The molecule has 0 spiro atoms. The molecule has 0 aliphatic carbocycles. The molecule has 4 nitrogen and oxygen atoms in total. The van der Waals surface area contributed by atoms with E-state index in [0.717, 1.165) is 112 Å². The number of anilines is 6. The maximum atomic E-state index is 2.78. The Labute approximate surface area is 726 Å². The van der Waals surface area contributed by atoms with Gasteiger partial charge in [-0.25, -0.2) is 0 Å². The SMILES string of the molecule is CC(C)(C)c1cc(-c2ccccc2)c(N2c3cc(-n4c5ccc6cccc7c8cccc9ccc4c(c98)c5c67)ccc3B3c4ccc(-n5c6ccc7cccc8c9cccc%10ccc5c(c%109)c6c78)cc4N(c4c(-c5cccc(-c6ccccc6)c5)cc(C(C)(C)C)cc4-c4cccc(-c5ccccc5)c4)c4cc(-c5ccccc5)cc2c43)c(-c2ccccc2)c1. The molecule has 26 rings (SSSR count). The summed E-state index contributed by atoms with van der Waals surface area (Å²) in [4.78, 5) is 5.54. The van der Waals surface area contributed by atoms with E-state index >= 15 is 0 Å². The van der Waals surface area contributed by atoms with Crippen molar-refractivity contribution in [2.24, 2.45) is 0 Å². The molecule has 5 heteroatoms. The van der Waals surface area contributed by atoms with Crippen LogP contribution in [0.5, 0.6) is 0 Å². The average molecular weight is 1590 g/mol. The van der Waals surface area contributed by atoms with Gasteiger partial charge in [-0.1, -0.05) is 339 Å². The van der Waals surface area contributed by atoms with Crippen molar-refractivity contribution in [3.63, 3.8) is 0 Å². The van der Waals surface area contributed by atoms with Crippen molar-refractivity contribution in [3.8, 4) is 89.3 Å². The fourth-order valence-electron chi connectivity index (χ4n) is 22.2. The highest BCUT2D eigenvalue weighted by Crippen LogP contribution is 2.58. The van der Waals surface area contributed by atoms with Crippen LogP contribution in [0.4, 0.5) is 34.1 Å². The Morgan fingerprint density at radius 3 is 0.824 bits per heavy atom. The van der Waals surface area contributed by atoms with Crippen LogP contribution in [-0.4, -0.2) is 15.8 Å². The van der Waals surface area contributed by atoms with Gasteiger partial charge >= 0.3 is 0 Å². The van der Waals surface area contributed by atoms with Gasteiger partial charge in [0.1, 0.15) is 0 Å². The lowest BCUT2D eigenvalue weighted by molar-refractivity contribution is 0.590. The third-order valence-electron chi connectivity index (χ3n) is 27.9. The summed E-state index contributed by atoms with van der Waals surface area (Å²) in [5, 5.41) is 20.6. The Bertz CT molecular complexity index is 8170. The van der Waals surface area contributed by atoms with E-state index in [9.17, 15) is 0 Å². The summed E-state index contributed by atoms with van der Waals surface area (Å²) >= 11 is 0. The average Bonchev–Trinajstić information content (AvgIpc) is 1.64. The van der Waals surface area contributed by atoms with Crippen molar-refractivity contribution >= 4 is 165 Å². The molecule has 2 aliphatic rings. The lowest BCUT2D eigenvalue weighted by Crippen LogP contribution is -2.61. The smallest absolute Gasteiger partial charge is 0.252 e. The number of hydrogen-bond acceptors (Lipinski definition) is 2. The van der Waals surface area contributed by atoms with E-state index in [1.54, 1.807) is 0 Å². The second kappa shape index (κ2) is 26.6. The zero-order chi connectivity index (χ0) is 83.0. The van der Waals surface area contributed by atoms with E-state index in [2.05, 4.69) is 455 Å². The minimum Gasteiger partial charge on any atom is -0.310 e. The first-order valence-electron chi connectivity index (χ1n) is 44.1. The van der Waals surface area contributed by atoms with Crippen molar-refractivity contribution in [2.75, 3.05) is 9.80 Å². The summed E-state index contributed by atoms with van der Waals surface area (Å²) in [7, 11) is 0. The molecule has 0 N–H and O–H groups in total. The van der Waals surface area contributed by atoms with Gasteiger partial charge in [0.15, 0.2) is 0 Å². The van der Waals surface area contributed by atoms with Gasteiger partial charge in [0.05, 0.1) is 33.4 Å². The fraction of sp³-hybridized carbons (Fsp3) is 0.0667. The second-order valence-electron chi connectivity index (χ2n) is 37.0. The number of benzene rings is 22. The molecule has 125 heavy (non-hydrogen) atoms. The monoisotopic (exact) mass is 1590 g/mol. The van der Waals surface area contributed by atoms with Gasteiger partial charge in [-0.3, -0.25) is 0 Å². The molecule has 4 heterocycles. The normalized spacial score (nSPS) is 13.0. The molecule has 2 aliphatic heterocycles. The summed E-state index contributed by atoms with van der Waals surface area (Å²) in [6.07, 6.45) is 0. The highest BCUT2D eigenvalue weighted by atomic mass is 15.2. The Kier molecular flexibility index (Phi) is 15.2. The molecule has 0 fully saturated rings. The predicted molar refractivity (Wildman–Crippen MR) is 534 cm³/mol. The molecular formula is C120H83BN4. The Morgan fingerprint density at radius 2 is 0.496 bits per heavy atom. The summed E-state index contributed by atoms with van der Waals surface area (Å²) in [6, 6.07) is 152. The van der Waals surface area contributed by atoms with Gasteiger partial charge in [-0.2, -0.15) is 0 Å². The van der Waals surface area contributed by atoms with Gasteiger partial charge < -0.3 is 18.9 Å². The quantitative estimate of drug-likeness (QED) is 0.0729. The first kappa shape index (κ1) is 71.4. The van der Waals surface area contributed by atoms with E-state index in [1.807, 2.05) is 0 Å². The Balaban J connectivity index is 0.848. The van der Waals surface area contributed by atoms with Crippen LogP contribution in [-0.2, 0) is 10.8 Å². The van der Waals surface area contributed by atoms with E-state index in [-0.39, 0.29) is 17.5 Å². The maximum absolute atomic E-state index is 2.78. The van der Waals surface area contributed by atoms with Gasteiger partial charge in [-0.15, -0.1) is 0 Å². The molecule has 0 radical (unpaired) electrons. The third-order valence-corrected chi connectivity index (χ3v) is 27.9. The van der Waals surface area contributed by atoms with Crippen LogP contribution in [0.3, 0.4) is 0 Å². The first-order valence-corrected chi connectivity index (χ1v) is 44.1. The lowest BCUT2D eigenvalue weighted by Gasteiger charge is -2.46. The number of hydrogen-bond donors (Lipinski definition) is 0. The summed E-state index contributed by atoms with van der Waals surface area (Å²) in [5.41, 5.74) is 35.1. The van der Waals surface area contributed by atoms with Crippen LogP contribution >= 0.6 is 0 Å². The predicted octanol–water partition coefficient (Wildman–Crippen LogP) is 30.9. The fourth-order valence-corrected chi connectivity index (χ4v) is 22.2. The molecule has 0 amide bonds. The van der Waals surface area contributed by atoms with Crippen LogP contribution in [0.25, 0.3) is 198 Å². The number of aromatic nitrogens is 2. The topological polar surface area (TPSA) is 16.3 Å². The third kappa shape index (κ3) is 10.5. The summed E-state index contributed by atoms with van der Waals surface area (Å²) in [5.74, 6) is 0. The molecule has 586 valence electrons. The van der Waals surface area contributed by atoms with E-state index in [0.29, 0.717) is 0 Å². The largest absolute Gasteiger partial charge is 0.310 e. The summed E-state index contributed by atoms with van der Waals surface area (Å²) < 4.78 is 5.22. The number of rotatable bonds is 11. The van der Waals surface area contributed by atoms with Gasteiger partial charge in [-0.05, 0) is 256 Å². The second-order valence-corrected chi connectivity index (χ2v) is 37.0. The molecule has 2 aromatic heterocycles. The van der Waals surface area contributed by atoms with Crippen molar-refractivity contribution < 1.29 is 0 Å². The lowest BCUT2D eigenvalue weighted by atomic mass is 9.33. The number of fused-ring (bicyclic) bond motifs is 6. The summed E-state index contributed by atoms with van der Waals surface area (Å²) in [6.45, 7) is 13.9. The minimum atomic E-state index is -0.334. The standard InChI is InChI=1S/C120H83BN4/c1-119(2,3)86-66-94(75-34-18-10-19-35-75)117(95(67-86)76-36-20-11-21-37-76)124-104-70-88(122-100-58-50-77-38-24-46-90-91-47-25-39-78-51-59-101(122)113(109(78)91)112(100)108(77)90)54-56-98(104)121-99-57-55-89(123-102-60-52-79-40-26-48-92-93-49-27-41-80-53-61-103(123)115(111(80)93)114(102)110(79)92)71-105(99)125(107-65-85(64-106(124)116(107)121)74-32-16-9-17-33-74)118-96(83-44-22-42-81(62-83)72-28-12-7-13-29-72)68-87(120(4,5)6)69-97(118)84-45-23-43-82(63-84)73-30-14-8-15-31-73/h7-71H,1-6H3. The van der Waals surface area contributed by atoms with Crippen molar-refractivity contribution in [3.05, 3.63) is 405 Å². The van der Waals surface area contributed by atoms with Crippen molar-refractivity contribution in [1.29, 1.82) is 0 Å². The Morgan fingerprint density at radius 1 is 0.208 bits per heavy atom. The first-order chi connectivity index (χ1) is 61.3. The zero-order valence-electron chi connectivity index (χ0n) is 70.4. The molecule has 0 saturated heterocycles. The molecule has 0 atom stereocenters. The molecule has 0 saturated carbocycles. The maximum Gasteiger partial charge on any atom is 0.252 e. The van der Waals surface area contributed by atoms with E-state index < -0.39 is 0 Å². The molecule has 0 unspecified atom stereocenters. The van der Waals surface area contributed by atoms with Crippen LogP contribution in [0, 0.1) is 0 Å². The van der Waals surface area contributed by atoms with Crippen molar-refractivity contribution in [1.82, 2.24) is 9.13 Å². The van der Waals surface area contributed by atoms with Gasteiger partial charge in [0, 0.05) is 77.9 Å². The van der Waals surface area contributed by atoms with E-state index in [4.69, 9.17) is 0 Å².